The molecule has 0 atom stereocenters. The maximum absolute atomic E-state index is 13.7. The molecule has 4 aromatic rings. The first-order valence-electron chi connectivity index (χ1n) is 10.7. The summed E-state index contributed by atoms with van der Waals surface area (Å²) in [6.45, 7) is 0.433. The van der Waals surface area contributed by atoms with Crippen LogP contribution in [0.1, 0.15) is 0 Å². The Balaban J connectivity index is 1.71. The molecule has 34 heavy (non-hydrogen) atoms. The van der Waals surface area contributed by atoms with E-state index in [2.05, 4.69) is 32.8 Å². The molecule has 0 spiro atoms. The molecule has 0 saturated heterocycles. The fourth-order valence-corrected chi connectivity index (χ4v) is 5.36. The molecule has 9 heteroatoms. The summed E-state index contributed by atoms with van der Waals surface area (Å²) in [5, 5.41) is 0. The monoisotopic (exact) mass is 472 g/mol. The highest BCUT2D eigenvalue weighted by Gasteiger charge is 2.24. The van der Waals surface area contributed by atoms with Crippen molar-refractivity contribution >= 4 is 21.2 Å². The third-order valence-corrected chi connectivity index (χ3v) is 7.32. The summed E-state index contributed by atoms with van der Waals surface area (Å²) in [5.41, 5.74) is 22.7. The molecule has 4 bridgehead atoms. The Bertz CT molecular complexity index is 1380. The second-order valence-corrected chi connectivity index (χ2v) is 9.60. The summed E-state index contributed by atoms with van der Waals surface area (Å²) >= 11 is 0. The topological polar surface area (TPSA) is 106 Å². The fraction of sp³-hybridized carbons (Fsp3) is 0.0400. The minimum absolute atomic E-state index is 0.262. The molecule has 4 aromatic carbocycles. The smallest absolute Gasteiger partial charge is 0.207 e. The molecule has 0 radical (unpaired) electrons. The number of hydrogen-bond donors (Lipinski definition) is 6. The first-order chi connectivity index (χ1) is 16.6. The minimum atomic E-state index is -3.75. The van der Waals surface area contributed by atoms with Crippen LogP contribution in [0.4, 0.5) is 11.4 Å². The van der Waals surface area contributed by atoms with Gasteiger partial charge in [0, 0.05) is 5.56 Å². The molecule has 6 N–H and O–H groups in total. The Morgan fingerprint density at radius 3 is 1.79 bits per heavy atom. The summed E-state index contributed by atoms with van der Waals surface area (Å²) in [4.78, 5) is 0.529. The second kappa shape index (κ2) is 9.64. The molecule has 0 saturated carbocycles. The molecule has 0 unspecified atom stereocenters. The predicted molar refractivity (Wildman–Crippen MR) is 134 cm³/mol. The largest absolute Gasteiger partial charge is 0.308 e. The summed E-state index contributed by atoms with van der Waals surface area (Å²) in [6, 6.07) is 29.4. The van der Waals surface area contributed by atoms with Crippen LogP contribution < -0.4 is 32.8 Å². The van der Waals surface area contributed by atoms with Crippen molar-refractivity contribution in [2.75, 3.05) is 17.5 Å². The van der Waals surface area contributed by atoms with Crippen LogP contribution in [-0.2, 0) is 9.84 Å². The SMILES string of the molecule is O=S(=O)(c1ccccc1)c1cccc2c1-c1ccc(cc1)NNNCNNNc1ccc-2cc1. The summed E-state index contributed by atoms with van der Waals surface area (Å²) in [5.74, 6) is 0. The number of nitrogens with one attached hydrogen (secondary N) is 6. The van der Waals surface area contributed by atoms with Crippen molar-refractivity contribution in [2.24, 2.45) is 0 Å². The number of fused-ring (bicyclic) bond motifs is 2. The van der Waals surface area contributed by atoms with Gasteiger partial charge in [-0.3, -0.25) is 0 Å². The maximum atomic E-state index is 13.7. The first-order valence-corrected chi connectivity index (χ1v) is 12.2. The van der Waals surface area contributed by atoms with Crippen LogP contribution in [-0.4, -0.2) is 15.1 Å². The highest BCUT2D eigenvalue weighted by atomic mass is 32.2. The van der Waals surface area contributed by atoms with E-state index in [0.29, 0.717) is 12.2 Å². The zero-order valence-corrected chi connectivity index (χ0v) is 19.0. The van der Waals surface area contributed by atoms with E-state index in [1.165, 1.54) is 0 Å². The first kappa shape index (κ1) is 22.1. The van der Waals surface area contributed by atoms with Crippen LogP contribution in [0.15, 0.2) is 107 Å². The molecule has 8 nitrogen and oxygen atoms in total. The van der Waals surface area contributed by atoms with E-state index in [1.54, 1.807) is 36.4 Å². The van der Waals surface area contributed by atoms with Crippen molar-refractivity contribution in [3.05, 3.63) is 97.1 Å². The summed E-state index contributed by atoms with van der Waals surface area (Å²) in [6.07, 6.45) is 0. The van der Waals surface area contributed by atoms with E-state index in [0.717, 1.165) is 28.1 Å². The third kappa shape index (κ3) is 4.51. The Hall–Kier alpha value is -3.73. The van der Waals surface area contributed by atoms with Crippen molar-refractivity contribution in [3.63, 3.8) is 0 Å². The van der Waals surface area contributed by atoms with E-state index < -0.39 is 9.84 Å². The van der Waals surface area contributed by atoms with Crippen LogP contribution >= 0.6 is 0 Å². The molecule has 0 fully saturated rings. The molecular formula is C25H24N6O2S. The van der Waals surface area contributed by atoms with E-state index >= 15 is 0 Å². The van der Waals surface area contributed by atoms with Gasteiger partial charge in [-0.2, -0.15) is 11.1 Å². The van der Waals surface area contributed by atoms with Gasteiger partial charge in [0.05, 0.1) is 27.8 Å². The summed E-state index contributed by atoms with van der Waals surface area (Å²) < 4.78 is 27.4. The zero-order valence-electron chi connectivity index (χ0n) is 18.2. The molecule has 172 valence electrons. The van der Waals surface area contributed by atoms with Gasteiger partial charge in [0.1, 0.15) is 0 Å². The maximum Gasteiger partial charge on any atom is 0.207 e. The van der Waals surface area contributed by atoms with Gasteiger partial charge in [-0.1, -0.05) is 54.6 Å². The average molecular weight is 473 g/mol. The fourth-order valence-electron chi connectivity index (χ4n) is 3.84. The van der Waals surface area contributed by atoms with Gasteiger partial charge in [0.25, 0.3) is 0 Å². The van der Waals surface area contributed by atoms with E-state index in [4.69, 9.17) is 0 Å². The van der Waals surface area contributed by atoms with Gasteiger partial charge >= 0.3 is 0 Å². The van der Waals surface area contributed by atoms with E-state index in [-0.39, 0.29) is 9.79 Å². The average Bonchev–Trinajstić information content (AvgIpc) is 2.89. The normalized spacial score (nSPS) is 14.0. The minimum Gasteiger partial charge on any atom is -0.308 e. The Kier molecular flexibility index (Phi) is 6.26. The Morgan fingerprint density at radius 2 is 1.18 bits per heavy atom. The third-order valence-electron chi connectivity index (χ3n) is 5.51. The van der Waals surface area contributed by atoms with E-state index in [9.17, 15) is 8.42 Å². The molecule has 0 aromatic heterocycles. The van der Waals surface area contributed by atoms with Gasteiger partial charge < -0.3 is 10.9 Å². The Labute approximate surface area is 198 Å². The lowest BCUT2D eigenvalue weighted by molar-refractivity contribution is 0.483. The molecule has 3 aliphatic rings. The van der Waals surface area contributed by atoms with Crippen LogP contribution in [0, 0.1) is 0 Å². The second-order valence-electron chi connectivity index (χ2n) is 7.68. The van der Waals surface area contributed by atoms with Gasteiger partial charge in [-0.25, -0.2) is 19.3 Å². The highest BCUT2D eigenvalue weighted by molar-refractivity contribution is 7.91. The van der Waals surface area contributed by atoms with Crippen LogP contribution in [0.5, 0.6) is 0 Å². The van der Waals surface area contributed by atoms with Gasteiger partial charge in [0.15, 0.2) is 0 Å². The lowest BCUT2D eigenvalue weighted by Crippen LogP contribution is -2.48. The lowest BCUT2D eigenvalue weighted by Gasteiger charge is -2.17. The van der Waals surface area contributed by atoms with Crippen LogP contribution in [0.2, 0.25) is 0 Å². The van der Waals surface area contributed by atoms with Crippen molar-refractivity contribution < 1.29 is 8.42 Å². The van der Waals surface area contributed by atoms with Crippen molar-refractivity contribution in [2.45, 2.75) is 9.79 Å². The lowest BCUT2D eigenvalue weighted by atomic mass is 9.94. The standard InChI is InChI=1S/C25H24N6O2S/c32-34(33,22-5-2-1-3-6-22)24-8-4-7-23-18-9-13-20(14-10-18)28-30-26-17-27-31-29-21-15-11-19(12-16-21)25(23)24/h1-16,26-31H,17H2. The van der Waals surface area contributed by atoms with Gasteiger partial charge in [-0.05, 0) is 59.2 Å². The summed E-state index contributed by atoms with van der Waals surface area (Å²) in [7, 11) is -3.75. The van der Waals surface area contributed by atoms with Crippen molar-refractivity contribution in [1.82, 2.24) is 21.9 Å². The molecule has 3 aliphatic heterocycles. The molecule has 0 aliphatic carbocycles. The Morgan fingerprint density at radius 1 is 0.588 bits per heavy atom. The van der Waals surface area contributed by atoms with Crippen LogP contribution in [0.3, 0.4) is 0 Å². The van der Waals surface area contributed by atoms with Gasteiger partial charge in [-0.15, -0.1) is 0 Å². The molecule has 3 heterocycles. The van der Waals surface area contributed by atoms with Crippen molar-refractivity contribution in [3.8, 4) is 22.3 Å². The number of benzene rings is 4. The van der Waals surface area contributed by atoms with Crippen LogP contribution in [0.25, 0.3) is 22.3 Å². The van der Waals surface area contributed by atoms with Gasteiger partial charge in [0.2, 0.25) is 9.84 Å². The molecule has 0 amide bonds. The quantitative estimate of drug-likeness (QED) is 0.263. The number of hydrazine groups is 4. The highest BCUT2D eigenvalue weighted by Crippen LogP contribution is 2.39. The molecular weight excluding hydrogens is 448 g/mol. The number of anilines is 2. The number of sulfone groups is 1. The van der Waals surface area contributed by atoms with E-state index in [1.807, 2.05) is 60.7 Å². The molecule has 7 rings (SSSR count). The number of rotatable bonds is 2. The zero-order chi connectivity index (χ0) is 23.4. The number of hydrogen-bond acceptors (Lipinski definition) is 8. The van der Waals surface area contributed by atoms with Crippen molar-refractivity contribution in [1.29, 1.82) is 0 Å². The predicted octanol–water partition coefficient (Wildman–Crippen LogP) is 3.67.